The van der Waals surface area contributed by atoms with Crippen molar-refractivity contribution in [3.63, 3.8) is 0 Å². The molecule has 0 aliphatic heterocycles. The molecule has 3 aromatic rings. The average molecular weight is 400 g/mol. The summed E-state index contributed by atoms with van der Waals surface area (Å²) in [6.45, 7) is 5.49. The zero-order valence-electron chi connectivity index (χ0n) is 16.4. The molecule has 0 aliphatic carbocycles. The molecule has 1 heterocycles. The lowest BCUT2D eigenvalue weighted by Gasteiger charge is -2.21. The minimum Gasteiger partial charge on any atom is -0.497 e. The van der Waals surface area contributed by atoms with E-state index in [1.54, 1.807) is 7.11 Å². The highest BCUT2D eigenvalue weighted by molar-refractivity contribution is 6.33. The van der Waals surface area contributed by atoms with Gasteiger partial charge in [-0.2, -0.15) is 5.10 Å². The van der Waals surface area contributed by atoms with Crippen LogP contribution in [0.1, 0.15) is 19.4 Å². The van der Waals surface area contributed by atoms with E-state index in [1.165, 1.54) is 0 Å². The Kier molecular flexibility index (Phi) is 6.39. The molecule has 0 bridgehead atoms. The highest BCUT2D eigenvalue weighted by Gasteiger charge is 2.18. The number of benzene rings is 2. The number of hydrogen-bond donors (Lipinski definition) is 2. The normalized spacial score (nSPS) is 11.6. The monoisotopic (exact) mass is 399 g/mol. The number of methoxy groups -OCH3 is 1. The van der Waals surface area contributed by atoms with Gasteiger partial charge in [-0.1, -0.05) is 43.6 Å². The average Bonchev–Trinajstić information content (AvgIpc) is 3.12. The summed E-state index contributed by atoms with van der Waals surface area (Å²) in [7, 11) is 1.65. The van der Waals surface area contributed by atoms with Crippen molar-refractivity contribution >= 4 is 11.6 Å². The highest BCUT2D eigenvalue weighted by Crippen LogP contribution is 2.30. The standard InChI is InChI=1S/C22H26ClN3O2/c1-22(2,15-27)14-24-12-16-13-26(17-8-10-18(28-3)11-9-17)25-21(16)19-6-4-5-7-20(19)23/h4-11,13,24,27H,12,14-15H2,1-3H3. The molecular weight excluding hydrogens is 374 g/mol. The van der Waals surface area contributed by atoms with Gasteiger partial charge in [0.25, 0.3) is 0 Å². The van der Waals surface area contributed by atoms with Gasteiger partial charge in [-0.05, 0) is 30.3 Å². The van der Waals surface area contributed by atoms with Crippen molar-refractivity contribution in [2.75, 3.05) is 20.3 Å². The number of rotatable bonds is 8. The summed E-state index contributed by atoms with van der Waals surface area (Å²) in [6, 6.07) is 15.5. The third kappa shape index (κ3) is 4.73. The number of nitrogens with zero attached hydrogens (tertiary/aromatic N) is 2. The first kappa shape index (κ1) is 20.4. The van der Waals surface area contributed by atoms with Crippen molar-refractivity contribution in [3.05, 3.63) is 65.3 Å². The molecule has 0 saturated carbocycles. The van der Waals surface area contributed by atoms with Crippen LogP contribution in [0.25, 0.3) is 16.9 Å². The Morgan fingerprint density at radius 1 is 1.14 bits per heavy atom. The van der Waals surface area contributed by atoms with Gasteiger partial charge in [0.1, 0.15) is 5.75 Å². The zero-order chi connectivity index (χ0) is 20.1. The summed E-state index contributed by atoms with van der Waals surface area (Å²) >= 11 is 6.44. The molecule has 0 amide bonds. The lowest BCUT2D eigenvalue weighted by atomic mass is 9.95. The van der Waals surface area contributed by atoms with Crippen LogP contribution in [0.5, 0.6) is 5.75 Å². The van der Waals surface area contributed by atoms with Crippen LogP contribution in [-0.4, -0.2) is 35.1 Å². The maximum atomic E-state index is 9.47. The zero-order valence-corrected chi connectivity index (χ0v) is 17.2. The number of ether oxygens (including phenoxy) is 1. The van der Waals surface area contributed by atoms with Crippen LogP contribution in [0.2, 0.25) is 5.02 Å². The first-order chi connectivity index (χ1) is 13.4. The second-order valence-corrected chi connectivity index (χ2v) is 7.96. The van der Waals surface area contributed by atoms with Gasteiger partial charge in [-0.3, -0.25) is 0 Å². The fourth-order valence-electron chi connectivity index (χ4n) is 2.88. The summed E-state index contributed by atoms with van der Waals surface area (Å²) in [6.07, 6.45) is 2.01. The maximum Gasteiger partial charge on any atom is 0.119 e. The van der Waals surface area contributed by atoms with E-state index in [-0.39, 0.29) is 12.0 Å². The Morgan fingerprint density at radius 3 is 2.50 bits per heavy atom. The van der Waals surface area contributed by atoms with Crippen LogP contribution in [0.4, 0.5) is 0 Å². The van der Waals surface area contributed by atoms with Crippen LogP contribution in [0, 0.1) is 5.41 Å². The highest BCUT2D eigenvalue weighted by atomic mass is 35.5. The maximum absolute atomic E-state index is 9.47. The van der Waals surface area contributed by atoms with Crippen molar-refractivity contribution < 1.29 is 9.84 Å². The van der Waals surface area contributed by atoms with E-state index in [0.717, 1.165) is 28.3 Å². The number of hydrogen-bond acceptors (Lipinski definition) is 4. The second-order valence-electron chi connectivity index (χ2n) is 7.55. The number of aliphatic hydroxyl groups is 1. The third-order valence-electron chi connectivity index (χ3n) is 4.60. The molecule has 0 spiro atoms. The Hall–Kier alpha value is -2.34. The van der Waals surface area contributed by atoms with Crippen molar-refractivity contribution in [1.29, 1.82) is 0 Å². The van der Waals surface area contributed by atoms with Gasteiger partial charge < -0.3 is 15.2 Å². The second kappa shape index (κ2) is 8.78. The fraction of sp³-hybridized carbons (Fsp3) is 0.318. The Labute approximate surface area is 170 Å². The lowest BCUT2D eigenvalue weighted by molar-refractivity contribution is 0.156. The summed E-state index contributed by atoms with van der Waals surface area (Å²) in [5, 5.41) is 18.4. The lowest BCUT2D eigenvalue weighted by Crippen LogP contribution is -2.31. The van der Waals surface area contributed by atoms with Gasteiger partial charge in [0.2, 0.25) is 0 Å². The van der Waals surface area contributed by atoms with Crippen molar-refractivity contribution in [1.82, 2.24) is 15.1 Å². The van der Waals surface area contributed by atoms with Crippen LogP contribution in [0.3, 0.4) is 0 Å². The minimum atomic E-state index is -0.184. The largest absolute Gasteiger partial charge is 0.497 e. The quantitative estimate of drug-likeness (QED) is 0.592. The molecule has 28 heavy (non-hydrogen) atoms. The molecule has 148 valence electrons. The van der Waals surface area contributed by atoms with Crippen molar-refractivity contribution in [2.45, 2.75) is 20.4 Å². The van der Waals surface area contributed by atoms with E-state index < -0.39 is 0 Å². The topological polar surface area (TPSA) is 59.3 Å². The number of halogens is 1. The van der Waals surface area contributed by atoms with E-state index in [9.17, 15) is 5.11 Å². The van der Waals surface area contributed by atoms with E-state index in [2.05, 4.69) is 5.32 Å². The molecule has 0 saturated heterocycles. The van der Waals surface area contributed by atoms with Crippen molar-refractivity contribution in [3.8, 4) is 22.7 Å². The van der Waals surface area contributed by atoms with Gasteiger partial charge >= 0.3 is 0 Å². The Bertz CT molecular complexity index is 920. The number of nitrogens with one attached hydrogen (secondary N) is 1. The molecular formula is C22H26ClN3O2. The molecule has 1 aromatic heterocycles. The van der Waals surface area contributed by atoms with Crippen LogP contribution < -0.4 is 10.1 Å². The summed E-state index contributed by atoms with van der Waals surface area (Å²) in [5.74, 6) is 0.801. The molecule has 3 rings (SSSR count). The molecule has 0 aliphatic rings. The smallest absolute Gasteiger partial charge is 0.119 e. The van der Waals surface area contributed by atoms with Crippen molar-refractivity contribution in [2.24, 2.45) is 5.41 Å². The summed E-state index contributed by atoms with van der Waals surface area (Å²) in [4.78, 5) is 0. The SMILES string of the molecule is COc1ccc(-n2cc(CNCC(C)(C)CO)c(-c3ccccc3Cl)n2)cc1. The molecule has 0 radical (unpaired) electrons. The van der Waals surface area contributed by atoms with Gasteiger partial charge in [0, 0.05) is 42.4 Å². The van der Waals surface area contributed by atoms with E-state index in [4.69, 9.17) is 21.4 Å². The molecule has 6 heteroatoms. The molecule has 5 nitrogen and oxygen atoms in total. The number of aromatic nitrogens is 2. The molecule has 0 fully saturated rings. The number of aliphatic hydroxyl groups excluding tert-OH is 1. The first-order valence-corrected chi connectivity index (χ1v) is 9.61. The first-order valence-electron chi connectivity index (χ1n) is 9.23. The predicted molar refractivity (Wildman–Crippen MR) is 113 cm³/mol. The third-order valence-corrected chi connectivity index (χ3v) is 4.93. The molecule has 2 aromatic carbocycles. The Morgan fingerprint density at radius 2 is 1.86 bits per heavy atom. The van der Waals surface area contributed by atoms with Gasteiger partial charge in [-0.15, -0.1) is 0 Å². The minimum absolute atomic E-state index is 0.127. The molecule has 0 atom stereocenters. The van der Waals surface area contributed by atoms with Crippen LogP contribution in [0.15, 0.2) is 54.7 Å². The summed E-state index contributed by atoms with van der Waals surface area (Å²) < 4.78 is 7.09. The predicted octanol–water partition coefficient (Wildman–Crippen LogP) is 4.31. The fourth-order valence-corrected chi connectivity index (χ4v) is 3.10. The van der Waals surface area contributed by atoms with Gasteiger partial charge in [0.15, 0.2) is 0 Å². The molecule has 2 N–H and O–H groups in total. The summed E-state index contributed by atoms with van der Waals surface area (Å²) in [5.41, 5.74) is 3.54. The van der Waals surface area contributed by atoms with E-state index >= 15 is 0 Å². The van der Waals surface area contributed by atoms with Gasteiger partial charge in [0.05, 0.1) is 23.5 Å². The van der Waals surface area contributed by atoms with Gasteiger partial charge in [-0.25, -0.2) is 4.68 Å². The van der Waals surface area contributed by atoms with E-state index in [0.29, 0.717) is 18.1 Å². The Balaban J connectivity index is 1.93. The van der Waals surface area contributed by atoms with Crippen LogP contribution in [-0.2, 0) is 6.54 Å². The van der Waals surface area contributed by atoms with Crippen LogP contribution >= 0.6 is 11.6 Å². The van der Waals surface area contributed by atoms with E-state index in [1.807, 2.05) is 73.3 Å². The molecule has 0 unspecified atom stereocenters.